The van der Waals surface area contributed by atoms with Gasteiger partial charge in [-0.05, 0) is 18.2 Å². The first-order chi connectivity index (χ1) is 8.19. The van der Waals surface area contributed by atoms with E-state index < -0.39 is 23.6 Å². The van der Waals surface area contributed by atoms with Gasteiger partial charge in [-0.25, -0.2) is 9.97 Å². The number of fused-ring (bicyclic) bond motifs is 1. The molecule has 2 heterocycles. The second-order valence-electron chi connectivity index (χ2n) is 3.43. The standard InChI is InChI=1S/C10H4F6N2/c11-9(12,13)6-4-5-2-1-3-17-8(5)18-7(6)10(14,15)16/h1-4H. The summed E-state index contributed by atoms with van der Waals surface area (Å²) in [5.74, 6) is 0. The smallest absolute Gasteiger partial charge is 0.237 e. The molecule has 0 spiro atoms. The first-order valence-electron chi connectivity index (χ1n) is 4.60. The Kier molecular flexibility index (Phi) is 2.67. The van der Waals surface area contributed by atoms with Gasteiger partial charge < -0.3 is 0 Å². The maximum atomic E-state index is 12.5. The van der Waals surface area contributed by atoms with E-state index in [0.717, 1.165) is 6.20 Å². The fourth-order valence-electron chi connectivity index (χ4n) is 1.44. The highest BCUT2D eigenvalue weighted by atomic mass is 19.4. The summed E-state index contributed by atoms with van der Waals surface area (Å²) in [5.41, 5.74) is -4.16. The van der Waals surface area contributed by atoms with Crippen molar-refractivity contribution in [2.75, 3.05) is 0 Å². The van der Waals surface area contributed by atoms with Gasteiger partial charge in [-0.3, -0.25) is 0 Å². The molecular weight excluding hydrogens is 262 g/mol. The van der Waals surface area contributed by atoms with E-state index in [1.54, 1.807) is 0 Å². The Morgan fingerprint density at radius 1 is 0.944 bits per heavy atom. The summed E-state index contributed by atoms with van der Waals surface area (Å²) in [6, 6.07) is 2.93. The highest BCUT2D eigenvalue weighted by Crippen LogP contribution is 2.40. The SMILES string of the molecule is FC(F)(F)c1cc2cccnc2nc1C(F)(F)F. The van der Waals surface area contributed by atoms with Crippen molar-refractivity contribution in [3.8, 4) is 0 Å². The zero-order chi connectivity index (χ0) is 13.6. The van der Waals surface area contributed by atoms with E-state index in [1.807, 2.05) is 0 Å². The van der Waals surface area contributed by atoms with Crippen molar-refractivity contribution in [3.05, 3.63) is 35.7 Å². The lowest BCUT2D eigenvalue weighted by atomic mass is 10.1. The lowest BCUT2D eigenvalue weighted by Gasteiger charge is -2.14. The van der Waals surface area contributed by atoms with Crippen molar-refractivity contribution in [2.45, 2.75) is 12.4 Å². The van der Waals surface area contributed by atoms with Crippen LogP contribution in [0.4, 0.5) is 26.3 Å². The summed E-state index contributed by atoms with van der Waals surface area (Å²) in [7, 11) is 0. The molecule has 0 fully saturated rings. The van der Waals surface area contributed by atoms with Gasteiger partial charge >= 0.3 is 12.4 Å². The second kappa shape index (κ2) is 3.82. The number of halogens is 6. The molecule has 0 bridgehead atoms. The lowest BCUT2D eigenvalue weighted by Crippen LogP contribution is -2.18. The summed E-state index contributed by atoms with van der Waals surface area (Å²) < 4.78 is 75.2. The molecule has 0 N–H and O–H groups in total. The maximum Gasteiger partial charge on any atom is 0.434 e. The molecule has 18 heavy (non-hydrogen) atoms. The van der Waals surface area contributed by atoms with Crippen molar-refractivity contribution in [1.29, 1.82) is 0 Å². The molecule has 0 aliphatic rings. The van der Waals surface area contributed by atoms with E-state index in [1.165, 1.54) is 12.1 Å². The van der Waals surface area contributed by atoms with Crippen LogP contribution in [-0.2, 0) is 12.4 Å². The molecule has 0 saturated heterocycles. The van der Waals surface area contributed by atoms with Gasteiger partial charge in [-0.15, -0.1) is 0 Å². The molecule has 96 valence electrons. The summed E-state index contributed by atoms with van der Waals surface area (Å²) in [6.07, 6.45) is -9.15. The quantitative estimate of drug-likeness (QED) is 0.680. The summed E-state index contributed by atoms with van der Waals surface area (Å²) >= 11 is 0. The summed E-state index contributed by atoms with van der Waals surface area (Å²) in [5, 5.41) is -0.0992. The largest absolute Gasteiger partial charge is 0.434 e. The maximum absolute atomic E-state index is 12.5. The highest BCUT2D eigenvalue weighted by molar-refractivity contribution is 5.75. The number of rotatable bonds is 0. The Morgan fingerprint density at radius 3 is 2.17 bits per heavy atom. The molecule has 2 aromatic rings. The number of nitrogens with zero attached hydrogens (tertiary/aromatic N) is 2. The molecule has 2 aromatic heterocycles. The van der Waals surface area contributed by atoms with Crippen LogP contribution in [0.15, 0.2) is 24.4 Å². The van der Waals surface area contributed by atoms with Gasteiger partial charge in [0.25, 0.3) is 0 Å². The van der Waals surface area contributed by atoms with Gasteiger partial charge in [0.1, 0.15) is 0 Å². The van der Waals surface area contributed by atoms with Crippen LogP contribution in [0, 0.1) is 0 Å². The molecule has 0 amide bonds. The third kappa shape index (κ3) is 2.22. The topological polar surface area (TPSA) is 25.8 Å². The molecule has 2 nitrogen and oxygen atoms in total. The van der Waals surface area contributed by atoms with E-state index in [9.17, 15) is 26.3 Å². The molecule has 0 aliphatic heterocycles. The van der Waals surface area contributed by atoms with Crippen LogP contribution in [0.2, 0.25) is 0 Å². The van der Waals surface area contributed by atoms with Crippen molar-refractivity contribution >= 4 is 11.0 Å². The van der Waals surface area contributed by atoms with Crippen LogP contribution in [0.1, 0.15) is 11.3 Å². The van der Waals surface area contributed by atoms with E-state index in [0.29, 0.717) is 6.07 Å². The zero-order valence-electron chi connectivity index (χ0n) is 8.47. The van der Waals surface area contributed by atoms with Crippen LogP contribution in [0.3, 0.4) is 0 Å². The zero-order valence-corrected chi connectivity index (χ0v) is 8.47. The molecule has 0 unspecified atom stereocenters. The van der Waals surface area contributed by atoms with Gasteiger partial charge in [0.05, 0.1) is 5.56 Å². The van der Waals surface area contributed by atoms with Crippen LogP contribution in [0.25, 0.3) is 11.0 Å². The Bertz CT molecular complexity index is 534. The predicted octanol–water partition coefficient (Wildman–Crippen LogP) is 3.67. The minimum absolute atomic E-state index is 0.0992. The number of hydrogen-bond donors (Lipinski definition) is 0. The Hall–Kier alpha value is -1.86. The van der Waals surface area contributed by atoms with Gasteiger partial charge in [0.15, 0.2) is 11.3 Å². The number of aromatic nitrogens is 2. The first kappa shape index (κ1) is 12.6. The van der Waals surface area contributed by atoms with Crippen LogP contribution in [-0.4, -0.2) is 9.97 Å². The minimum Gasteiger partial charge on any atom is -0.237 e. The predicted molar refractivity (Wildman–Crippen MR) is 49.5 cm³/mol. The van der Waals surface area contributed by atoms with E-state index in [-0.39, 0.29) is 11.0 Å². The number of pyridine rings is 2. The first-order valence-corrected chi connectivity index (χ1v) is 4.60. The summed E-state index contributed by atoms with van der Waals surface area (Å²) in [6.45, 7) is 0. The highest BCUT2D eigenvalue weighted by Gasteiger charge is 2.44. The van der Waals surface area contributed by atoms with Gasteiger partial charge in [-0.1, -0.05) is 0 Å². The monoisotopic (exact) mass is 266 g/mol. The van der Waals surface area contributed by atoms with Crippen molar-refractivity contribution in [2.24, 2.45) is 0 Å². The molecule has 0 aliphatic carbocycles. The van der Waals surface area contributed by atoms with Gasteiger partial charge in [-0.2, -0.15) is 26.3 Å². The Morgan fingerprint density at radius 2 is 1.61 bits per heavy atom. The fraction of sp³-hybridized carbons (Fsp3) is 0.200. The Balaban J connectivity index is 2.81. The van der Waals surface area contributed by atoms with Crippen LogP contribution < -0.4 is 0 Å². The van der Waals surface area contributed by atoms with Crippen LogP contribution in [0.5, 0.6) is 0 Å². The van der Waals surface area contributed by atoms with Crippen molar-refractivity contribution < 1.29 is 26.3 Å². The van der Waals surface area contributed by atoms with E-state index >= 15 is 0 Å². The van der Waals surface area contributed by atoms with Gasteiger partial charge in [0, 0.05) is 11.6 Å². The second-order valence-corrected chi connectivity index (χ2v) is 3.43. The van der Waals surface area contributed by atoms with Gasteiger partial charge in [0.2, 0.25) is 0 Å². The van der Waals surface area contributed by atoms with E-state index in [2.05, 4.69) is 9.97 Å². The third-order valence-electron chi connectivity index (χ3n) is 2.16. The number of hydrogen-bond acceptors (Lipinski definition) is 2. The fourth-order valence-corrected chi connectivity index (χ4v) is 1.44. The van der Waals surface area contributed by atoms with Crippen LogP contribution >= 0.6 is 0 Å². The number of alkyl halides is 6. The Labute approximate surface area is 96.3 Å². The average molecular weight is 266 g/mol. The normalized spacial score (nSPS) is 13.0. The third-order valence-corrected chi connectivity index (χ3v) is 2.16. The molecule has 0 atom stereocenters. The molecule has 0 radical (unpaired) electrons. The molecule has 2 rings (SSSR count). The lowest BCUT2D eigenvalue weighted by molar-refractivity contribution is -0.164. The molecule has 0 aromatic carbocycles. The molecule has 0 saturated carbocycles. The average Bonchev–Trinajstić information content (AvgIpc) is 2.25. The summed E-state index contributed by atoms with van der Waals surface area (Å²) in [4.78, 5) is 6.46. The minimum atomic E-state index is -5.18. The molecule has 8 heteroatoms. The van der Waals surface area contributed by atoms with Crippen molar-refractivity contribution in [1.82, 2.24) is 9.97 Å². The van der Waals surface area contributed by atoms with E-state index in [4.69, 9.17) is 0 Å². The molecular formula is C10H4F6N2. The van der Waals surface area contributed by atoms with Crippen molar-refractivity contribution in [3.63, 3.8) is 0 Å².